The van der Waals surface area contributed by atoms with Gasteiger partial charge < -0.3 is 41.9 Å². The number of aliphatic carboxylic acids is 2. The Labute approximate surface area is 256 Å². The molecule has 15 nitrogen and oxygen atoms in total. The second-order valence-electron chi connectivity index (χ2n) is 8.74. The Morgan fingerprint density at radius 2 is 1.52 bits per heavy atom. The Hall–Kier alpha value is -3.38. The van der Waals surface area contributed by atoms with Gasteiger partial charge in [0, 0.05) is 28.5 Å². The molecule has 0 fully saturated rings. The molecule has 42 heavy (non-hydrogen) atoms. The van der Waals surface area contributed by atoms with Crippen LogP contribution < -0.4 is 21.7 Å². The lowest BCUT2D eigenvalue weighted by molar-refractivity contribution is -0.143. The van der Waals surface area contributed by atoms with E-state index in [4.69, 9.17) is 32.7 Å². The van der Waals surface area contributed by atoms with Gasteiger partial charge in [0.05, 0.1) is 19.7 Å². The largest absolute Gasteiger partial charge is 0.480 e. The number of thiol groups is 2. The number of carbonyl (C=O) groups is 7. The van der Waals surface area contributed by atoms with Gasteiger partial charge in [-0.1, -0.05) is 11.6 Å². The predicted molar refractivity (Wildman–Crippen MR) is 155 cm³/mol. The van der Waals surface area contributed by atoms with Gasteiger partial charge in [-0.3, -0.25) is 28.8 Å². The fourth-order valence-corrected chi connectivity index (χ4v) is 4.05. The summed E-state index contributed by atoms with van der Waals surface area (Å²) in [4.78, 5) is 86.6. The summed E-state index contributed by atoms with van der Waals surface area (Å²) in [5, 5.41) is 33.9. The maximum Gasteiger partial charge on any atom is 0.328 e. The number of nitrogens with zero attached hydrogens (tertiary/aromatic N) is 1. The van der Waals surface area contributed by atoms with Crippen molar-refractivity contribution in [2.24, 2.45) is 5.73 Å². The topological polar surface area (TPSA) is 246 Å². The van der Waals surface area contributed by atoms with E-state index in [2.05, 4.69) is 35.9 Å². The number of aliphatic hydroxyl groups excluding tert-OH is 1. The Kier molecular flexibility index (Phi) is 15.9. The number of amides is 4. The van der Waals surface area contributed by atoms with Crippen molar-refractivity contribution in [3.63, 3.8) is 0 Å². The van der Waals surface area contributed by atoms with Gasteiger partial charge >= 0.3 is 11.9 Å². The number of carboxylic acid groups (broad SMARTS) is 2. The number of hydrogen-bond donors (Lipinski definition) is 9. The van der Waals surface area contributed by atoms with Crippen LogP contribution in [-0.4, -0.2) is 117 Å². The smallest absolute Gasteiger partial charge is 0.328 e. The lowest BCUT2D eigenvalue weighted by Crippen LogP contribution is -2.56. The standard InChI is InChI=1S/C24H32ClN5O10S2/c25-13-3-1-12(2-4-13)18(32)8-30(20(34)6-5-14(26)23(37)38)17(11-42)22(36)27-7-19(33)28-16(10-41)21(35)29-15(9-31)24(39)40/h1-4,14-17,31,41-42H,5-11,26H2,(H,27,36)(H,28,33)(H,29,35)(H,37,38)(H,39,40)/t14-,15-,16-,17-/m0/s1. The van der Waals surface area contributed by atoms with Crippen LogP contribution in [0.2, 0.25) is 5.02 Å². The van der Waals surface area contributed by atoms with Crippen molar-refractivity contribution in [2.75, 3.05) is 31.2 Å². The Morgan fingerprint density at radius 3 is 2.02 bits per heavy atom. The molecule has 0 aromatic heterocycles. The molecular formula is C24H32ClN5O10S2. The molecule has 4 atom stereocenters. The summed E-state index contributed by atoms with van der Waals surface area (Å²) in [7, 11) is 0. The van der Waals surface area contributed by atoms with Gasteiger partial charge in [-0.05, 0) is 30.7 Å². The maximum atomic E-state index is 13.1. The zero-order valence-electron chi connectivity index (χ0n) is 22.1. The van der Waals surface area contributed by atoms with Gasteiger partial charge in [0.15, 0.2) is 5.78 Å². The normalized spacial score (nSPS) is 13.5. The molecule has 232 valence electrons. The van der Waals surface area contributed by atoms with E-state index in [9.17, 15) is 33.6 Å². The van der Waals surface area contributed by atoms with Gasteiger partial charge in [0.1, 0.15) is 24.2 Å². The SMILES string of the molecule is N[C@@H](CCC(=O)N(CC(=O)c1ccc(Cl)cc1)[C@@H](CS)C(=O)NCC(=O)N[C@@H](CS)C(=O)N[C@@H](CO)C(=O)O)C(=O)O. The highest BCUT2D eigenvalue weighted by molar-refractivity contribution is 7.80. The summed E-state index contributed by atoms with van der Waals surface area (Å²) in [5.41, 5.74) is 5.66. The third-order valence-electron chi connectivity index (χ3n) is 5.69. The van der Waals surface area contributed by atoms with Crippen LogP contribution in [0, 0.1) is 0 Å². The molecule has 1 rings (SSSR count). The Bertz CT molecular complexity index is 1160. The number of benzene rings is 1. The van der Waals surface area contributed by atoms with E-state index in [1.54, 1.807) is 0 Å². The first kappa shape index (κ1) is 36.6. The third-order valence-corrected chi connectivity index (χ3v) is 6.66. The molecule has 18 heteroatoms. The monoisotopic (exact) mass is 649 g/mol. The molecule has 0 spiro atoms. The van der Waals surface area contributed by atoms with E-state index < -0.39 is 91.6 Å². The van der Waals surface area contributed by atoms with E-state index >= 15 is 0 Å². The van der Waals surface area contributed by atoms with Gasteiger partial charge in [-0.25, -0.2) is 4.79 Å². The molecular weight excluding hydrogens is 618 g/mol. The van der Waals surface area contributed by atoms with E-state index in [1.165, 1.54) is 24.3 Å². The molecule has 8 N–H and O–H groups in total. The molecule has 0 aliphatic carbocycles. The highest BCUT2D eigenvalue weighted by Crippen LogP contribution is 2.14. The van der Waals surface area contributed by atoms with Crippen molar-refractivity contribution in [2.45, 2.75) is 37.0 Å². The zero-order chi connectivity index (χ0) is 32.0. The molecule has 0 saturated carbocycles. The Balaban J connectivity index is 2.99. The van der Waals surface area contributed by atoms with E-state index in [1.807, 2.05) is 5.32 Å². The zero-order valence-corrected chi connectivity index (χ0v) is 24.6. The summed E-state index contributed by atoms with van der Waals surface area (Å²) in [6.07, 6.45) is -0.696. The van der Waals surface area contributed by atoms with Crippen LogP contribution in [0.1, 0.15) is 23.2 Å². The Morgan fingerprint density at radius 1 is 0.905 bits per heavy atom. The van der Waals surface area contributed by atoms with Crippen molar-refractivity contribution in [3.8, 4) is 0 Å². The quantitative estimate of drug-likeness (QED) is 0.0618. The number of nitrogens with two attached hydrogens (primary N) is 1. The van der Waals surface area contributed by atoms with Gasteiger partial charge in [0.2, 0.25) is 23.6 Å². The minimum Gasteiger partial charge on any atom is -0.480 e. The number of ketones is 1. The molecule has 0 heterocycles. The van der Waals surface area contributed by atoms with Gasteiger partial charge in [-0.15, -0.1) is 0 Å². The minimum absolute atomic E-state index is 0.180. The first-order valence-electron chi connectivity index (χ1n) is 12.2. The van der Waals surface area contributed by atoms with Crippen LogP contribution in [-0.2, 0) is 28.8 Å². The van der Waals surface area contributed by atoms with Gasteiger partial charge in [-0.2, -0.15) is 25.3 Å². The number of carboxylic acids is 2. The summed E-state index contributed by atoms with van der Waals surface area (Å²) < 4.78 is 0. The van der Waals surface area contributed by atoms with Crippen molar-refractivity contribution in [1.29, 1.82) is 0 Å². The maximum absolute atomic E-state index is 13.1. The van der Waals surface area contributed by atoms with Crippen LogP contribution in [0.3, 0.4) is 0 Å². The molecule has 4 amide bonds. The molecule has 0 aliphatic rings. The molecule has 1 aromatic carbocycles. The van der Waals surface area contributed by atoms with Crippen LogP contribution in [0.25, 0.3) is 0 Å². The summed E-state index contributed by atoms with van der Waals surface area (Å²) in [5.74, 6) is -7.44. The highest BCUT2D eigenvalue weighted by atomic mass is 35.5. The van der Waals surface area contributed by atoms with E-state index in [0.717, 1.165) is 4.90 Å². The second-order valence-corrected chi connectivity index (χ2v) is 9.90. The van der Waals surface area contributed by atoms with Crippen LogP contribution >= 0.6 is 36.9 Å². The first-order chi connectivity index (χ1) is 19.7. The third kappa shape index (κ3) is 11.8. The highest BCUT2D eigenvalue weighted by Gasteiger charge is 2.32. The molecule has 1 aromatic rings. The second kappa shape index (κ2) is 18.2. The van der Waals surface area contributed by atoms with Crippen molar-refractivity contribution in [1.82, 2.24) is 20.9 Å². The van der Waals surface area contributed by atoms with E-state index in [-0.39, 0.29) is 23.5 Å². The molecule has 0 bridgehead atoms. The predicted octanol–water partition coefficient (Wildman–Crippen LogP) is -2.07. The number of rotatable bonds is 18. The number of halogens is 1. The fraction of sp³-hybridized carbons (Fsp3) is 0.458. The average molecular weight is 650 g/mol. The van der Waals surface area contributed by atoms with Crippen LogP contribution in [0.5, 0.6) is 0 Å². The summed E-state index contributed by atoms with van der Waals surface area (Å²) >= 11 is 13.9. The van der Waals surface area contributed by atoms with E-state index in [0.29, 0.717) is 5.02 Å². The molecule has 0 saturated heterocycles. The number of aliphatic hydroxyl groups is 1. The minimum atomic E-state index is -1.61. The number of Topliss-reactive ketones (excluding diaryl/α,β-unsaturated/α-hetero) is 1. The lowest BCUT2D eigenvalue weighted by Gasteiger charge is -2.30. The summed E-state index contributed by atoms with van der Waals surface area (Å²) in [6.45, 7) is -2.18. The molecule has 0 unspecified atom stereocenters. The number of carbonyl (C=O) groups excluding carboxylic acids is 5. The summed E-state index contributed by atoms with van der Waals surface area (Å²) in [6, 6.07) is 0.0705. The fourth-order valence-electron chi connectivity index (χ4n) is 3.31. The van der Waals surface area contributed by atoms with Crippen LogP contribution in [0.15, 0.2) is 24.3 Å². The average Bonchev–Trinajstić information content (AvgIpc) is 2.95. The number of hydrogen-bond acceptors (Lipinski definition) is 11. The lowest BCUT2D eigenvalue weighted by atomic mass is 10.1. The molecule has 0 radical (unpaired) electrons. The van der Waals surface area contributed by atoms with Gasteiger partial charge in [0.25, 0.3) is 0 Å². The van der Waals surface area contributed by atoms with Crippen molar-refractivity contribution < 1.29 is 48.9 Å². The van der Waals surface area contributed by atoms with Crippen molar-refractivity contribution in [3.05, 3.63) is 34.9 Å². The molecule has 0 aliphatic heterocycles. The van der Waals surface area contributed by atoms with Crippen LogP contribution in [0.4, 0.5) is 0 Å². The van der Waals surface area contributed by atoms with Crippen molar-refractivity contribution >= 4 is 78.2 Å². The first-order valence-corrected chi connectivity index (χ1v) is 13.9. The number of nitrogens with one attached hydrogen (secondary N) is 3.